The molecular weight excluding hydrogens is 302 g/mol. The van der Waals surface area contributed by atoms with Crippen molar-refractivity contribution in [3.8, 4) is 5.69 Å². The molecule has 3 aromatic rings. The lowest BCUT2D eigenvalue weighted by Crippen LogP contribution is -2.23. The average molecular weight is 316 g/mol. The van der Waals surface area contributed by atoms with Crippen LogP contribution in [0.4, 0.5) is 0 Å². The van der Waals surface area contributed by atoms with Crippen LogP contribution in [0, 0.1) is 0 Å². The van der Waals surface area contributed by atoms with E-state index in [1.807, 2.05) is 18.2 Å². The summed E-state index contributed by atoms with van der Waals surface area (Å²) in [5.74, 6) is 2.00. The third-order valence-electron chi connectivity index (χ3n) is 3.82. The van der Waals surface area contributed by atoms with E-state index in [0.29, 0.717) is 29.1 Å². The molecule has 0 aliphatic heterocycles. The maximum atomic E-state index is 12.5. The molecule has 0 N–H and O–H groups in total. The lowest BCUT2D eigenvalue weighted by Gasteiger charge is -2.03. The van der Waals surface area contributed by atoms with Crippen molar-refractivity contribution >= 4 is 11.6 Å². The minimum absolute atomic E-state index is 0.167. The highest BCUT2D eigenvalue weighted by atomic mass is 35.5. The third kappa shape index (κ3) is 2.37. The Morgan fingerprint density at radius 1 is 1.27 bits per heavy atom. The van der Waals surface area contributed by atoms with Crippen LogP contribution >= 0.6 is 11.6 Å². The molecule has 1 aliphatic rings. The summed E-state index contributed by atoms with van der Waals surface area (Å²) in [7, 11) is 0. The molecule has 5 nitrogen and oxygen atoms in total. The molecule has 1 aromatic carbocycles. The van der Waals surface area contributed by atoms with Gasteiger partial charge in [0.1, 0.15) is 12.3 Å². The second-order valence-electron chi connectivity index (χ2n) is 5.46. The summed E-state index contributed by atoms with van der Waals surface area (Å²) in [4.78, 5) is 16.7. The molecule has 0 bridgehead atoms. The average Bonchev–Trinajstić information content (AvgIpc) is 3.17. The summed E-state index contributed by atoms with van der Waals surface area (Å²) in [6, 6.07) is 7.25. The Morgan fingerprint density at radius 3 is 2.86 bits per heavy atom. The number of oxazole rings is 1. The second kappa shape index (κ2) is 5.18. The molecule has 0 radical (unpaired) electrons. The van der Waals surface area contributed by atoms with Gasteiger partial charge in [-0.2, -0.15) is 0 Å². The molecule has 0 saturated heterocycles. The molecule has 112 valence electrons. The highest BCUT2D eigenvalue weighted by Gasteiger charge is 2.27. The van der Waals surface area contributed by atoms with Gasteiger partial charge < -0.3 is 4.42 Å². The van der Waals surface area contributed by atoms with E-state index in [9.17, 15) is 4.79 Å². The summed E-state index contributed by atoms with van der Waals surface area (Å²) in [6.45, 7) is 0.322. The first-order valence-corrected chi connectivity index (χ1v) is 7.57. The smallest absolute Gasteiger partial charge is 0.333 e. The highest BCUT2D eigenvalue weighted by molar-refractivity contribution is 6.32. The lowest BCUT2D eigenvalue weighted by molar-refractivity contribution is 0.441. The molecule has 1 fully saturated rings. The predicted octanol–water partition coefficient (Wildman–Crippen LogP) is 3.21. The van der Waals surface area contributed by atoms with Gasteiger partial charge in [-0.3, -0.25) is 9.13 Å². The van der Waals surface area contributed by atoms with Gasteiger partial charge >= 0.3 is 5.69 Å². The first-order valence-electron chi connectivity index (χ1n) is 7.19. The molecule has 4 rings (SSSR count). The number of para-hydroxylation sites is 1. The van der Waals surface area contributed by atoms with Crippen molar-refractivity contribution in [2.45, 2.75) is 25.3 Å². The van der Waals surface area contributed by atoms with Gasteiger partial charge in [0, 0.05) is 18.3 Å². The van der Waals surface area contributed by atoms with Crippen molar-refractivity contribution in [1.82, 2.24) is 14.1 Å². The van der Waals surface area contributed by atoms with Crippen LogP contribution in [-0.4, -0.2) is 14.1 Å². The summed E-state index contributed by atoms with van der Waals surface area (Å²) >= 11 is 6.15. The standard InChI is InChI=1S/C16H14ClN3O2/c17-12-3-1-2-4-13(12)20-8-7-19(16(20)21)10-15-18-9-14(22-15)11-5-6-11/h1-4,7-9,11H,5-6,10H2. The van der Waals surface area contributed by atoms with Gasteiger partial charge in [-0.05, 0) is 25.0 Å². The van der Waals surface area contributed by atoms with Gasteiger partial charge in [0.05, 0.1) is 16.9 Å². The number of rotatable bonds is 4. The van der Waals surface area contributed by atoms with Gasteiger partial charge in [0.25, 0.3) is 0 Å². The fourth-order valence-corrected chi connectivity index (χ4v) is 2.69. The summed E-state index contributed by atoms with van der Waals surface area (Å²) in [5, 5.41) is 0.537. The van der Waals surface area contributed by atoms with Gasteiger partial charge in [0.2, 0.25) is 5.89 Å². The molecule has 0 spiro atoms. The minimum atomic E-state index is -0.167. The number of hydrogen-bond donors (Lipinski definition) is 0. The second-order valence-corrected chi connectivity index (χ2v) is 5.87. The molecule has 1 aliphatic carbocycles. The van der Waals surface area contributed by atoms with Crippen LogP contribution in [0.1, 0.15) is 30.4 Å². The van der Waals surface area contributed by atoms with E-state index in [1.54, 1.807) is 29.2 Å². The van der Waals surface area contributed by atoms with Crippen LogP contribution < -0.4 is 5.69 Å². The normalized spacial score (nSPS) is 14.4. The Labute approximate surface area is 131 Å². The first-order chi connectivity index (χ1) is 10.7. The van der Waals surface area contributed by atoms with Gasteiger partial charge in [-0.15, -0.1) is 0 Å². The van der Waals surface area contributed by atoms with Crippen LogP contribution in [-0.2, 0) is 6.54 Å². The monoisotopic (exact) mass is 315 g/mol. The Morgan fingerprint density at radius 2 is 2.09 bits per heavy atom. The number of imidazole rings is 1. The van der Waals surface area contributed by atoms with Crippen molar-refractivity contribution in [1.29, 1.82) is 0 Å². The highest BCUT2D eigenvalue weighted by Crippen LogP contribution is 2.40. The van der Waals surface area contributed by atoms with Crippen LogP contribution in [0.15, 0.2) is 52.1 Å². The van der Waals surface area contributed by atoms with Crippen LogP contribution in [0.5, 0.6) is 0 Å². The number of nitrogens with zero attached hydrogens (tertiary/aromatic N) is 3. The van der Waals surface area contributed by atoms with Crippen molar-refractivity contribution in [2.75, 3.05) is 0 Å². The minimum Gasteiger partial charge on any atom is -0.443 e. The molecule has 2 aromatic heterocycles. The third-order valence-corrected chi connectivity index (χ3v) is 4.14. The van der Waals surface area contributed by atoms with Crippen molar-refractivity contribution in [2.24, 2.45) is 0 Å². The number of halogens is 1. The summed E-state index contributed by atoms with van der Waals surface area (Å²) in [6.07, 6.45) is 7.51. The Kier molecular flexibility index (Phi) is 3.15. The quantitative estimate of drug-likeness (QED) is 0.743. The van der Waals surface area contributed by atoms with Gasteiger partial charge in [-0.1, -0.05) is 23.7 Å². The van der Waals surface area contributed by atoms with Crippen LogP contribution in [0.25, 0.3) is 5.69 Å². The van der Waals surface area contributed by atoms with E-state index in [2.05, 4.69) is 4.98 Å². The van der Waals surface area contributed by atoms with Crippen molar-refractivity contribution in [3.63, 3.8) is 0 Å². The molecule has 1 saturated carbocycles. The van der Waals surface area contributed by atoms with E-state index in [-0.39, 0.29) is 5.69 Å². The topological polar surface area (TPSA) is 53.0 Å². The molecule has 0 unspecified atom stereocenters. The number of hydrogen-bond acceptors (Lipinski definition) is 3. The van der Waals surface area contributed by atoms with Crippen LogP contribution in [0.3, 0.4) is 0 Å². The molecule has 6 heteroatoms. The zero-order valence-corrected chi connectivity index (χ0v) is 12.5. The maximum Gasteiger partial charge on any atom is 0.333 e. The largest absolute Gasteiger partial charge is 0.443 e. The zero-order chi connectivity index (χ0) is 15.1. The molecule has 22 heavy (non-hydrogen) atoms. The zero-order valence-electron chi connectivity index (χ0n) is 11.8. The summed E-state index contributed by atoms with van der Waals surface area (Å²) in [5.41, 5.74) is 0.498. The Bertz CT molecular complexity index is 873. The molecular formula is C16H14ClN3O2. The molecule has 0 atom stereocenters. The molecule has 2 heterocycles. The van der Waals surface area contributed by atoms with Crippen LogP contribution in [0.2, 0.25) is 5.02 Å². The van der Waals surface area contributed by atoms with Gasteiger partial charge in [-0.25, -0.2) is 9.78 Å². The maximum absolute atomic E-state index is 12.5. The predicted molar refractivity (Wildman–Crippen MR) is 82.6 cm³/mol. The van der Waals surface area contributed by atoms with E-state index < -0.39 is 0 Å². The van der Waals surface area contributed by atoms with Crippen molar-refractivity contribution in [3.05, 3.63) is 70.0 Å². The Balaban J connectivity index is 1.63. The number of benzene rings is 1. The first kappa shape index (κ1) is 13.4. The fraction of sp³-hybridized carbons (Fsp3) is 0.250. The summed E-state index contributed by atoms with van der Waals surface area (Å²) < 4.78 is 8.78. The van der Waals surface area contributed by atoms with E-state index in [4.69, 9.17) is 16.0 Å². The van der Waals surface area contributed by atoms with E-state index >= 15 is 0 Å². The lowest BCUT2D eigenvalue weighted by atomic mass is 10.3. The van der Waals surface area contributed by atoms with E-state index in [0.717, 1.165) is 18.6 Å². The number of aromatic nitrogens is 3. The van der Waals surface area contributed by atoms with E-state index in [1.165, 1.54) is 4.57 Å². The SMILES string of the molecule is O=c1n(Cc2ncc(C3CC3)o2)ccn1-c1ccccc1Cl. The Hall–Kier alpha value is -2.27. The fourth-order valence-electron chi connectivity index (χ4n) is 2.46. The van der Waals surface area contributed by atoms with Gasteiger partial charge in [0.15, 0.2) is 0 Å². The molecule has 0 amide bonds. The van der Waals surface area contributed by atoms with Crippen molar-refractivity contribution < 1.29 is 4.42 Å².